The molecule has 1 fully saturated rings. The number of hydrogen-bond donors (Lipinski definition) is 2. The highest BCUT2D eigenvalue weighted by Crippen LogP contribution is 2.32. The van der Waals surface area contributed by atoms with Crippen molar-refractivity contribution in [3.05, 3.63) is 36.2 Å². The maximum absolute atomic E-state index is 12.0. The van der Waals surface area contributed by atoms with Gasteiger partial charge in [0, 0.05) is 24.7 Å². The van der Waals surface area contributed by atoms with Gasteiger partial charge in [0.1, 0.15) is 6.33 Å². The van der Waals surface area contributed by atoms with E-state index in [2.05, 4.69) is 15.4 Å². The van der Waals surface area contributed by atoms with Crippen molar-refractivity contribution in [1.29, 1.82) is 0 Å². The Balaban J connectivity index is 1.61. The average molecular weight is 286 g/mol. The molecule has 3 rings (SSSR count). The van der Waals surface area contributed by atoms with Crippen molar-refractivity contribution in [2.45, 2.75) is 18.9 Å². The zero-order valence-corrected chi connectivity index (χ0v) is 11.9. The molecule has 6 nitrogen and oxygen atoms in total. The normalized spacial score (nSPS) is 15.7. The largest absolute Gasteiger partial charge is 0.391 e. The fourth-order valence-electron chi connectivity index (χ4n) is 2.19. The van der Waals surface area contributed by atoms with E-state index in [1.165, 1.54) is 0 Å². The molecule has 0 radical (unpaired) electrons. The Morgan fingerprint density at radius 1 is 1.43 bits per heavy atom. The zero-order valence-electron chi connectivity index (χ0n) is 11.9. The van der Waals surface area contributed by atoms with Crippen LogP contribution in [0.25, 0.3) is 11.4 Å². The summed E-state index contributed by atoms with van der Waals surface area (Å²) < 4.78 is 1.63. The minimum absolute atomic E-state index is 0.171. The summed E-state index contributed by atoms with van der Waals surface area (Å²) in [6, 6.07) is 7.12. The van der Waals surface area contributed by atoms with Crippen LogP contribution >= 0.6 is 0 Å². The Morgan fingerprint density at radius 3 is 2.71 bits per heavy atom. The van der Waals surface area contributed by atoms with Gasteiger partial charge in [-0.2, -0.15) is 5.10 Å². The second kappa shape index (κ2) is 5.65. The van der Waals surface area contributed by atoms with Crippen LogP contribution in [0.5, 0.6) is 0 Å². The number of aryl methyl sites for hydroxylation is 1. The van der Waals surface area contributed by atoms with Crippen molar-refractivity contribution >= 4 is 5.91 Å². The molecule has 0 spiro atoms. The predicted molar refractivity (Wildman–Crippen MR) is 77.5 cm³/mol. The third kappa shape index (κ3) is 3.28. The lowest BCUT2D eigenvalue weighted by Gasteiger charge is -2.10. The van der Waals surface area contributed by atoms with Crippen LogP contribution in [0.2, 0.25) is 0 Å². The number of carbonyl (C=O) groups excluding carboxylic acids is 1. The number of aromatic nitrogens is 3. The minimum atomic E-state index is -0.425. The molecule has 1 aliphatic rings. The predicted octanol–water partition coefficient (Wildman–Crippen LogP) is 0.983. The number of aliphatic hydroxyl groups is 1. The molecule has 21 heavy (non-hydrogen) atoms. The van der Waals surface area contributed by atoms with Crippen LogP contribution in [0.3, 0.4) is 0 Å². The Kier molecular flexibility index (Phi) is 3.70. The van der Waals surface area contributed by atoms with E-state index in [4.69, 9.17) is 0 Å². The topological polar surface area (TPSA) is 80.0 Å². The summed E-state index contributed by atoms with van der Waals surface area (Å²) in [6.07, 6.45) is 3.33. The molecule has 1 saturated carbocycles. The summed E-state index contributed by atoms with van der Waals surface area (Å²) in [5.41, 5.74) is 1.43. The summed E-state index contributed by atoms with van der Waals surface area (Å²) in [5.74, 6) is 0.826. The molecular weight excluding hydrogens is 268 g/mol. The first-order valence-corrected chi connectivity index (χ1v) is 7.06. The SMILES string of the molecule is Cn1cnc(-c2ccc(C(=O)NCC(O)C3CC3)cc2)n1. The van der Waals surface area contributed by atoms with Crippen LogP contribution in [-0.4, -0.2) is 38.4 Å². The van der Waals surface area contributed by atoms with Gasteiger partial charge in [-0.05, 0) is 30.9 Å². The fourth-order valence-corrected chi connectivity index (χ4v) is 2.19. The summed E-state index contributed by atoms with van der Waals surface area (Å²) in [4.78, 5) is 16.2. The van der Waals surface area contributed by atoms with E-state index in [0.717, 1.165) is 18.4 Å². The lowest BCUT2D eigenvalue weighted by Crippen LogP contribution is -2.33. The molecule has 0 bridgehead atoms. The highest BCUT2D eigenvalue weighted by molar-refractivity contribution is 5.94. The minimum Gasteiger partial charge on any atom is -0.391 e. The molecular formula is C15H18N4O2. The van der Waals surface area contributed by atoms with Crippen molar-refractivity contribution in [2.24, 2.45) is 13.0 Å². The Bertz CT molecular complexity index is 631. The van der Waals surface area contributed by atoms with Gasteiger partial charge in [0.05, 0.1) is 6.10 Å². The Labute approximate surface area is 122 Å². The van der Waals surface area contributed by atoms with E-state index >= 15 is 0 Å². The summed E-state index contributed by atoms with van der Waals surface area (Å²) in [7, 11) is 1.81. The molecule has 1 atom stereocenters. The van der Waals surface area contributed by atoms with Gasteiger partial charge in [0.25, 0.3) is 5.91 Å². The fraction of sp³-hybridized carbons (Fsp3) is 0.400. The van der Waals surface area contributed by atoms with E-state index in [1.54, 1.807) is 23.1 Å². The van der Waals surface area contributed by atoms with Gasteiger partial charge in [-0.3, -0.25) is 9.48 Å². The van der Waals surface area contributed by atoms with Crippen molar-refractivity contribution in [2.75, 3.05) is 6.54 Å². The highest BCUT2D eigenvalue weighted by Gasteiger charge is 2.29. The maximum Gasteiger partial charge on any atom is 0.251 e. The second-order valence-electron chi connectivity index (χ2n) is 5.43. The van der Waals surface area contributed by atoms with Crippen LogP contribution in [0, 0.1) is 5.92 Å². The smallest absolute Gasteiger partial charge is 0.251 e. The lowest BCUT2D eigenvalue weighted by atomic mass is 10.1. The van der Waals surface area contributed by atoms with E-state index in [0.29, 0.717) is 23.9 Å². The van der Waals surface area contributed by atoms with Crippen LogP contribution in [-0.2, 0) is 7.05 Å². The molecule has 110 valence electrons. The van der Waals surface area contributed by atoms with E-state index < -0.39 is 6.10 Å². The summed E-state index contributed by atoms with van der Waals surface area (Å²) in [5, 5.41) is 16.7. The number of hydrogen-bond acceptors (Lipinski definition) is 4. The van der Waals surface area contributed by atoms with E-state index in [9.17, 15) is 9.90 Å². The molecule has 1 aliphatic carbocycles. The van der Waals surface area contributed by atoms with Gasteiger partial charge < -0.3 is 10.4 Å². The van der Waals surface area contributed by atoms with Gasteiger partial charge in [0.2, 0.25) is 0 Å². The van der Waals surface area contributed by atoms with Crippen LogP contribution in [0.15, 0.2) is 30.6 Å². The number of amides is 1. The number of nitrogens with one attached hydrogen (secondary N) is 1. The number of benzene rings is 1. The standard InChI is InChI=1S/C15H18N4O2/c1-19-9-17-14(18-19)11-4-6-12(7-5-11)15(21)16-8-13(20)10-2-3-10/h4-7,9-10,13,20H,2-3,8H2,1H3,(H,16,21). The van der Waals surface area contributed by atoms with Gasteiger partial charge in [-0.25, -0.2) is 4.98 Å². The first-order valence-electron chi connectivity index (χ1n) is 7.06. The quantitative estimate of drug-likeness (QED) is 0.858. The van der Waals surface area contributed by atoms with Crippen molar-refractivity contribution in [3.63, 3.8) is 0 Å². The zero-order chi connectivity index (χ0) is 14.8. The lowest BCUT2D eigenvalue weighted by molar-refractivity contribution is 0.0901. The van der Waals surface area contributed by atoms with Gasteiger partial charge >= 0.3 is 0 Å². The highest BCUT2D eigenvalue weighted by atomic mass is 16.3. The average Bonchev–Trinajstić information content (AvgIpc) is 3.26. The maximum atomic E-state index is 12.0. The molecule has 0 aliphatic heterocycles. The van der Waals surface area contributed by atoms with Crippen molar-refractivity contribution < 1.29 is 9.90 Å². The van der Waals surface area contributed by atoms with Crippen LogP contribution in [0.1, 0.15) is 23.2 Å². The molecule has 0 saturated heterocycles. The molecule has 1 aromatic heterocycles. The Morgan fingerprint density at radius 2 is 2.14 bits per heavy atom. The molecule has 2 N–H and O–H groups in total. The van der Waals surface area contributed by atoms with E-state index in [-0.39, 0.29) is 5.91 Å². The number of nitrogens with zero attached hydrogens (tertiary/aromatic N) is 3. The third-order valence-corrected chi connectivity index (χ3v) is 3.64. The van der Waals surface area contributed by atoms with Gasteiger partial charge in [-0.1, -0.05) is 12.1 Å². The molecule has 1 amide bonds. The van der Waals surface area contributed by atoms with Gasteiger partial charge in [-0.15, -0.1) is 0 Å². The first kappa shape index (κ1) is 13.8. The Hall–Kier alpha value is -2.21. The monoisotopic (exact) mass is 286 g/mol. The summed E-state index contributed by atoms with van der Waals surface area (Å²) in [6.45, 7) is 0.313. The molecule has 1 aromatic carbocycles. The van der Waals surface area contributed by atoms with Crippen LogP contribution < -0.4 is 5.32 Å². The molecule has 1 heterocycles. The molecule has 2 aromatic rings. The van der Waals surface area contributed by atoms with E-state index in [1.807, 2.05) is 19.2 Å². The first-order chi connectivity index (χ1) is 10.1. The molecule has 6 heteroatoms. The third-order valence-electron chi connectivity index (χ3n) is 3.64. The number of carbonyl (C=O) groups is 1. The van der Waals surface area contributed by atoms with Crippen molar-refractivity contribution in [1.82, 2.24) is 20.1 Å². The number of aliphatic hydroxyl groups excluding tert-OH is 1. The summed E-state index contributed by atoms with van der Waals surface area (Å²) >= 11 is 0. The van der Waals surface area contributed by atoms with Crippen LogP contribution in [0.4, 0.5) is 0 Å². The second-order valence-corrected chi connectivity index (χ2v) is 5.43. The molecule has 1 unspecified atom stereocenters. The van der Waals surface area contributed by atoms with Gasteiger partial charge in [0.15, 0.2) is 5.82 Å². The number of rotatable bonds is 5. The van der Waals surface area contributed by atoms with Crippen molar-refractivity contribution in [3.8, 4) is 11.4 Å².